The maximum Gasteiger partial charge on any atom is 0.236 e. The molecule has 3 nitrogen and oxygen atoms in total. The molecule has 0 radical (unpaired) electrons. The summed E-state index contributed by atoms with van der Waals surface area (Å²) in [5, 5.41) is 1.00. The van der Waals surface area contributed by atoms with Gasteiger partial charge in [-0.05, 0) is 23.6 Å². The molecule has 3 aromatic rings. The SMILES string of the molecule is CCc1c(-c2ccccc2)n(S(C)(=O)=O)c2ccccc12. The van der Waals surface area contributed by atoms with Gasteiger partial charge >= 0.3 is 0 Å². The lowest BCUT2D eigenvalue weighted by atomic mass is 10.0. The van der Waals surface area contributed by atoms with E-state index in [1.165, 1.54) is 10.2 Å². The molecule has 3 rings (SSSR count). The van der Waals surface area contributed by atoms with Crippen LogP contribution in [0.25, 0.3) is 22.2 Å². The van der Waals surface area contributed by atoms with Crippen molar-refractivity contribution in [2.75, 3.05) is 6.26 Å². The number of para-hydroxylation sites is 1. The number of fused-ring (bicyclic) bond motifs is 1. The molecule has 2 aromatic carbocycles. The van der Waals surface area contributed by atoms with E-state index in [1.807, 2.05) is 54.6 Å². The number of hydrogen-bond acceptors (Lipinski definition) is 2. The lowest BCUT2D eigenvalue weighted by Crippen LogP contribution is -2.11. The summed E-state index contributed by atoms with van der Waals surface area (Å²) >= 11 is 0. The summed E-state index contributed by atoms with van der Waals surface area (Å²) < 4.78 is 26.1. The Morgan fingerprint density at radius 1 is 0.952 bits per heavy atom. The van der Waals surface area contributed by atoms with Crippen LogP contribution >= 0.6 is 0 Å². The number of aromatic nitrogens is 1. The van der Waals surface area contributed by atoms with Gasteiger partial charge in [-0.15, -0.1) is 0 Å². The molecule has 4 heteroatoms. The van der Waals surface area contributed by atoms with Crippen molar-refractivity contribution in [1.82, 2.24) is 3.97 Å². The molecule has 0 bridgehead atoms. The summed E-state index contributed by atoms with van der Waals surface area (Å²) in [6.07, 6.45) is 2.04. The molecular weight excluding hydrogens is 282 g/mol. The fourth-order valence-corrected chi connectivity index (χ4v) is 3.93. The van der Waals surface area contributed by atoms with E-state index in [9.17, 15) is 8.42 Å². The maximum atomic E-state index is 12.3. The van der Waals surface area contributed by atoms with Crippen LogP contribution in [0.4, 0.5) is 0 Å². The van der Waals surface area contributed by atoms with E-state index in [0.29, 0.717) is 0 Å². The highest BCUT2D eigenvalue weighted by molar-refractivity contribution is 7.89. The molecule has 0 unspecified atom stereocenters. The Balaban J connectivity index is 2.53. The first-order valence-electron chi connectivity index (χ1n) is 6.92. The number of aryl methyl sites for hydroxylation is 1. The average Bonchev–Trinajstić information content (AvgIpc) is 2.82. The molecular formula is C17H17NO2S. The Labute approximate surface area is 124 Å². The molecule has 0 saturated carbocycles. The second kappa shape index (κ2) is 5.04. The van der Waals surface area contributed by atoms with Gasteiger partial charge in [0.25, 0.3) is 0 Å². The van der Waals surface area contributed by atoms with Gasteiger partial charge in [0, 0.05) is 5.39 Å². The molecule has 0 aliphatic heterocycles. The van der Waals surface area contributed by atoms with Crippen molar-refractivity contribution < 1.29 is 8.42 Å². The van der Waals surface area contributed by atoms with Crippen LogP contribution in [-0.2, 0) is 16.4 Å². The lowest BCUT2D eigenvalue weighted by molar-refractivity contribution is 0.595. The van der Waals surface area contributed by atoms with E-state index in [0.717, 1.165) is 34.1 Å². The van der Waals surface area contributed by atoms with E-state index >= 15 is 0 Å². The first-order chi connectivity index (χ1) is 10.0. The third-order valence-corrected chi connectivity index (χ3v) is 4.71. The Morgan fingerprint density at radius 2 is 1.57 bits per heavy atom. The largest absolute Gasteiger partial charge is 0.237 e. The van der Waals surface area contributed by atoms with Crippen molar-refractivity contribution in [2.24, 2.45) is 0 Å². The third-order valence-electron chi connectivity index (χ3n) is 3.67. The van der Waals surface area contributed by atoms with Gasteiger partial charge in [0.15, 0.2) is 0 Å². The van der Waals surface area contributed by atoms with Crippen LogP contribution in [0.2, 0.25) is 0 Å². The molecule has 0 amide bonds. The van der Waals surface area contributed by atoms with Crippen molar-refractivity contribution in [3.8, 4) is 11.3 Å². The first-order valence-corrected chi connectivity index (χ1v) is 8.77. The summed E-state index contributed by atoms with van der Waals surface area (Å²) in [7, 11) is -3.38. The average molecular weight is 299 g/mol. The molecule has 0 spiro atoms. The standard InChI is InChI=1S/C17H17NO2S/c1-3-14-15-11-7-8-12-16(15)18(21(2,19)20)17(14)13-9-5-4-6-10-13/h4-12H,3H2,1-2H3. The van der Waals surface area contributed by atoms with Gasteiger partial charge in [-0.2, -0.15) is 0 Å². The molecule has 0 aliphatic rings. The zero-order valence-corrected chi connectivity index (χ0v) is 12.9. The molecule has 0 saturated heterocycles. The van der Waals surface area contributed by atoms with E-state index < -0.39 is 10.0 Å². The molecule has 108 valence electrons. The summed E-state index contributed by atoms with van der Waals surface area (Å²) in [5.41, 5.74) is 3.52. The second-order valence-corrected chi connectivity index (χ2v) is 6.92. The van der Waals surface area contributed by atoms with Crippen LogP contribution in [0.1, 0.15) is 12.5 Å². The van der Waals surface area contributed by atoms with Crippen LogP contribution in [0.15, 0.2) is 54.6 Å². The van der Waals surface area contributed by atoms with Crippen molar-refractivity contribution in [2.45, 2.75) is 13.3 Å². The van der Waals surface area contributed by atoms with Crippen LogP contribution in [0.5, 0.6) is 0 Å². The fraction of sp³-hybridized carbons (Fsp3) is 0.176. The normalized spacial score (nSPS) is 11.9. The lowest BCUT2D eigenvalue weighted by Gasteiger charge is -2.10. The molecule has 0 aliphatic carbocycles. The fourth-order valence-electron chi connectivity index (χ4n) is 2.87. The van der Waals surface area contributed by atoms with Gasteiger partial charge in [-0.25, -0.2) is 12.4 Å². The van der Waals surface area contributed by atoms with E-state index in [4.69, 9.17) is 0 Å². The minimum atomic E-state index is -3.38. The van der Waals surface area contributed by atoms with Gasteiger partial charge in [0.1, 0.15) is 0 Å². The Bertz CT molecular complexity index is 893. The predicted octanol–water partition coefficient (Wildman–Crippen LogP) is 3.68. The highest BCUT2D eigenvalue weighted by atomic mass is 32.2. The monoisotopic (exact) mass is 299 g/mol. The van der Waals surface area contributed by atoms with Crippen LogP contribution < -0.4 is 0 Å². The van der Waals surface area contributed by atoms with E-state index in [-0.39, 0.29) is 0 Å². The smallest absolute Gasteiger partial charge is 0.236 e. The predicted molar refractivity (Wildman–Crippen MR) is 87.0 cm³/mol. The number of benzene rings is 2. The molecule has 1 aromatic heterocycles. The zero-order chi connectivity index (χ0) is 15.0. The Kier molecular flexibility index (Phi) is 3.33. The van der Waals surface area contributed by atoms with Gasteiger partial charge in [-0.3, -0.25) is 0 Å². The van der Waals surface area contributed by atoms with Gasteiger partial charge in [0.05, 0.1) is 17.5 Å². The second-order valence-electron chi connectivity index (χ2n) is 5.09. The van der Waals surface area contributed by atoms with Crippen LogP contribution in [0, 0.1) is 0 Å². The molecule has 0 N–H and O–H groups in total. The van der Waals surface area contributed by atoms with Crippen molar-refractivity contribution in [1.29, 1.82) is 0 Å². The summed E-state index contributed by atoms with van der Waals surface area (Å²) in [5.74, 6) is 0. The van der Waals surface area contributed by atoms with E-state index in [1.54, 1.807) is 0 Å². The van der Waals surface area contributed by atoms with Gasteiger partial charge in [-0.1, -0.05) is 55.5 Å². The highest BCUT2D eigenvalue weighted by Gasteiger charge is 2.22. The van der Waals surface area contributed by atoms with E-state index in [2.05, 4.69) is 6.92 Å². The minimum absolute atomic E-state index is 0.746. The summed E-state index contributed by atoms with van der Waals surface area (Å²) in [4.78, 5) is 0. The van der Waals surface area contributed by atoms with Gasteiger partial charge < -0.3 is 0 Å². The highest BCUT2D eigenvalue weighted by Crippen LogP contribution is 2.35. The molecule has 0 fully saturated rings. The molecule has 1 heterocycles. The maximum absolute atomic E-state index is 12.3. The van der Waals surface area contributed by atoms with Crippen LogP contribution in [0.3, 0.4) is 0 Å². The number of rotatable bonds is 3. The number of hydrogen-bond donors (Lipinski definition) is 0. The Hall–Kier alpha value is -2.07. The molecule has 0 atom stereocenters. The first kappa shape index (κ1) is 13.9. The van der Waals surface area contributed by atoms with Crippen molar-refractivity contribution in [3.05, 3.63) is 60.2 Å². The molecule has 21 heavy (non-hydrogen) atoms. The summed E-state index contributed by atoms with van der Waals surface area (Å²) in [6.45, 7) is 2.06. The quantitative estimate of drug-likeness (QED) is 0.740. The summed E-state index contributed by atoms with van der Waals surface area (Å²) in [6, 6.07) is 17.4. The van der Waals surface area contributed by atoms with Crippen molar-refractivity contribution >= 4 is 20.9 Å². The number of nitrogens with zero attached hydrogens (tertiary/aromatic N) is 1. The minimum Gasteiger partial charge on any atom is -0.237 e. The van der Waals surface area contributed by atoms with Gasteiger partial charge in [0.2, 0.25) is 10.0 Å². The van der Waals surface area contributed by atoms with Crippen molar-refractivity contribution in [3.63, 3.8) is 0 Å². The van der Waals surface area contributed by atoms with Crippen LogP contribution in [-0.4, -0.2) is 18.6 Å². The third kappa shape index (κ3) is 2.25. The Morgan fingerprint density at radius 3 is 2.19 bits per heavy atom. The zero-order valence-electron chi connectivity index (χ0n) is 12.1. The topological polar surface area (TPSA) is 39.1 Å².